The summed E-state index contributed by atoms with van der Waals surface area (Å²) < 4.78 is 27.9. The Kier molecular flexibility index (Phi) is 6.24. The summed E-state index contributed by atoms with van der Waals surface area (Å²) in [7, 11) is -3.68. The van der Waals surface area contributed by atoms with E-state index < -0.39 is 15.4 Å². The molecule has 0 saturated carbocycles. The van der Waals surface area contributed by atoms with Gasteiger partial charge in [0.2, 0.25) is 5.91 Å². The number of carbonyl (C=O) groups is 1. The number of nitrogens with one attached hydrogen (secondary N) is 2. The molecule has 2 aromatic rings. The van der Waals surface area contributed by atoms with Gasteiger partial charge in [-0.2, -0.15) is 0 Å². The van der Waals surface area contributed by atoms with E-state index in [0.717, 1.165) is 12.0 Å². The van der Waals surface area contributed by atoms with Gasteiger partial charge in [-0.3, -0.25) is 9.52 Å². The van der Waals surface area contributed by atoms with E-state index in [1.165, 1.54) is 0 Å². The topological polar surface area (TPSA) is 75.3 Å². The van der Waals surface area contributed by atoms with Gasteiger partial charge in [0.05, 0.1) is 4.90 Å². The van der Waals surface area contributed by atoms with Crippen LogP contribution in [-0.2, 0) is 20.2 Å². The van der Waals surface area contributed by atoms with Crippen LogP contribution < -0.4 is 10.0 Å². The molecule has 5 nitrogen and oxygen atoms in total. The Morgan fingerprint density at radius 3 is 1.82 bits per heavy atom. The Morgan fingerprint density at radius 2 is 1.36 bits per heavy atom. The molecule has 0 fully saturated rings. The molecule has 0 spiro atoms. The van der Waals surface area contributed by atoms with E-state index in [1.807, 2.05) is 32.9 Å². The van der Waals surface area contributed by atoms with Gasteiger partial charge >= 0.3 is 0 Å². The van der Waals surface area contributed by atoms with Crippen molar-refractivity contribution in [3.63, 3.8) is 0 Å². The average molecular weight is 403 g/mol. The Balaban J connectivity index is 2.13. The molecular weight excluding hydrogens is 372 g/mol. The monoisotopic (exact) mass is 402 g/mol. The summed E-state index contributed by atoms with van der Waals surface area (Å²) in [6.07, 6.45) is 0.968. The molecule has 0 aliphatic carbocycles. The fourth-order valence-corrected chi connectivity index (χ4v) is 3.50. The second kappa shape index (κ2) is 7.95. The van der Waals surface area contributed by atoms with Gasteiger partial charge in [0.1, 0.15) is 0 Å². The van der Waals surface area contributed by atoms with Gasteiger partial charge in [0, 0.05) is 16.8 Å². The third kappa shape index (κ3) is 5.35. The van der Waals surface area contributed by atoms with Crippen LogP contribution in [0.25, 0.3) is 0 Å². The molecule has 2 N–H and O–H groups in total. The number of amides is 1. The van der Waals surface area contributed by atoms with Crippen LogP contribution in [0.5, 0.6) is 0 Å². The zero-order chi connectivity index (χ0) is 21.2. The minimum atomic E-state index is -3.68. The molecule has 0 aliphatic heterocycles. The van der Waals surface area contributed by atoms with Gasteiger partial charge in [-0.1, -0.05) is 53.7 Å². The SMILES string of the molecule is CCC(C)(C)c1ccc(S(=O)(=O)Nc2ccc(NC(=O)C(C)(C)C)cc2)cc1. The van der Waals surface area contributed by atoms with Crippen molar-refractivity contribution in [1.29, 1.82) is 0 Å². The normalized spacial score (nSPS) is 12.5. The first-order valence-corrected chi connectivity index (χ1v) is 10.9. The van der Waals surface area contributed by atoms with Crippen molar-refractivity contribution >= 4 is 27.3 Å². The van der Waals surface area contributed by atoms with Gasteiger partial charge in [-0.25, -0.2) is 8.42 Å². The first kappa shape index (κ1) is 22.0. The predicted octanol–water partition coefficient (Wildman–Crippen LogP) is 5.16. The van der Waals surface area contributed by atoms with E-state index in [-0.39, 0.29) is 16.2 Å². The lowest BCUT2D eigenvalue weighted by Gasteiger charge is -2.23. The smallest absolute Gasteiger partial charge is 0.261 e. The molecule has 1 amide bonds. The number of sulfonamides is 1. The highest BCUT2D eigenvalue weighted by molar-refractivity contribution is 7.92. The van der Waals surface area contributed by atoms with E-state index >= 15 is 0 Å². The van der Waals surface area contributed by atoms with Crippen LogP contribution in [0.1, 0.15) is 53.5 Å². The Labute approximate surface area is 168 Å². The Bertz CT molecular complexity index is 923. The third-order valence-corrected chi connectivity index (χ3v) is 6.30. The van der Waals surface area contributed by atoms with Gasteiger partial charge in [0.15, 0.2) is 0 Å². The van der Waals surface area contributed by atoms with Crippen molar-refractivity contribution in [1.82, 2.24) is 0 Å². The Hall–Kier alpha value is -2.34. The lowest BCUT2D eigenvalue weighted by molar-refractivity contribution is -0.123. The lowest BCUT2D eigenvalue weighted by Crippen LogP contribution is -2.27. The molecule has 0 unspecified atom stereocenters. The second-order valence-corrected chi connectivity index (χ2v) is 10.3. The largest absolute Gasteiger partial charge is 0.326 e. The van der Waals surface area contributed by atoms with Gasteiger partial charge in [-0.05, 0) is 53.8 Å². The van der Waals surface area contributed by atoms with Crippen LogP contribution in [-0.4, -0.2) is 14.3 Å². The highest BCUT2D eigenvalue weighted by Crippen LogP contribution is 2.28. The second-order valence-electron chi connectivity index (χ2n) is 8.65. The highest BCUT2D eigenvalue weighted by Gasteiger charge is 2.22. The predicted molar refractivity (Wildman–Crippen MR) is 115 cm³/mol. The summed E-state index contributed by atoms with van der Waals surface area (Å²) in [5.41, 5.74) is 1.66. The Morgan fingerprint density at radius 1 is 0.857 bits per heavy atom. The van der Waals surface area contributed by atoms with Gasteiger partial charge in [-0.15, -0.1) is 0 Å². The molecule has 2 rings (SSSR count). The van der Waals surface area contributed by atoms with Crippen molar-refractivity contribution in [3.05, 3.63) is 54.1 Å². The quantitative estimate of drug-likeness (QED) is 0.701. The maximum atomic E-state index is 12.6. The van der Waals surface area contributed by atoms with Crippen LogP contribution in [0.15, 0.2) is 53.4 Å². The molecule has 0 aliphatic rings. The molecule has 152 valence electrons. The molecule has 0 saturated heterocycles. The first-order valence-electron chi connectivity index (χ1n) is 9.40. The molecule has 28 heavy (non-hydrogen) atoms. The van der Waals surface area contributed by atoms with Crippen molar-refractivity contribution < 1.29 is 13.2 Å². The molecule has 0 radical (unpaired) electrons. The maximum absolute atomic E-state index is 12.6. The molecule has 2 aromatic carbocycles. The van der Waals surface area contributed by atoms with Crippen LogP contribution in [0.3, 0.4) is 0 Å². The maximum Gasteiger partial charge on any atom is 0.261 e. The van der Waals surface area contributed by atoms with Crippen LogP contribution >= 0.6 is 0 Å². The number of anilines is 2. The van der Waals surface area contributed by atoms with E-state index in [4.69, 9.17) is 0 Å². The summed E-state index contributed by atoms with van der Waals surface area (Å²) in [5, 5.41) is 2.81. The minimum absolute atomic E-state index is 0.00302. The van der Waals surface area contributed by atoms with Crippen LogP contribution in [0.2, 0.25) is 0 Å². The first-order chi connectivity index (χ1) is 12.8. The summed E-state index contributed by atoms with van der Waals surface area (Å²) in [6.45, 7) is 11.9. The molecule has 0 heterocycles. The number of hydrogen-bond acceptors (Lipinski definition) is 3. The summed E-state index contributed by atoms with van der Waals surface area (Å²) in [5.74, 6) is -0.101. The fraction of sp³-hybridized carbons (Fsp3) is 0.409. The van der Waals surface area contributed by atoms with E-state index in [9.17, 15) is 13.2 Å². The molecule has 6 heteroatoms. The number of benzene rings is 2. The van der Waals surface area contributed by atoms with E-state index in [2.05, 4.69) is 30.8 Å². The third-order valence-electron chi connectivity index (χ3n) is 4.91. The van der Waals surface area contributed by atoms with Crippen LogP contribution in [0, 0.1) is 5.41 Å². The lowest BCUT2D eigenvalue weighted by atomic mass is 9.82. The number of carbonyl (C=O) groups excluding carboxylic acids is 1. The minimum Gasteiger partial charge on any atom is -0.326 e. The molecular formula is C22H30N2O3S. The highest BCUT2D eigenvalue weighted by atomic mass is 32.2. The summed E-state index contributed by atoms with van der Waals surface area (Å²) in [4.78, 5) is 12.2. The molecule has 0 bridgehead atoms. The van der Waals surface area contributed by atoms with Crippen molar-refractivity contribution in [2.45, 2.75) is 58.3 Å². The molecule has 0 aromatic heterocycles. The summed E-state index contributed by atoms with van der Waals surface area (Å²) >= 11 is 0. The number of hydrogen-bond donors (Lipinski definition) is 2. The zero-order valence-electron chi connectivity index (χ0n) is 17.5. The molecule has 0 atom stereocenters. The van der Waals surface area contributed by atoms with Gasteiger partial charge < -0.3 is 5.32 Å². The van der Waals surface area contributed by atoms with Crippen molar-refractivity contribution in [2.24, 2.45) is 5.41 Å². The fourth-order valence-electron chi connectivity index (χ4n) is 2.44. The van der Waals surface area contributed by atoms with E-state index in [1.54, 1.807) is 36.4 Å². The van der Waals surface area contributed by atoms with Crippen molar-refractivity contribution in [2.75, 3.05) is 10.0 Å². The standard InChI is InChI=1S/C22H30N2O3S/c1-7-22(5,6)16-8-14-19(15-9-16)28(26,27)24-18-12-10-17(11-13-18)23-20(25)21(2,3)4/h8-15,24H,7H2,1-6H3,(H,23,25). The summed E-state index contributed by atoms with van der Waals surface area (Å²) in [6, 6.07) is 13.6. The van der Waals surface area contributed by atoms with Crippen LogP contribution in [0.4, 0.5) is 11.4 Å². The zero-order valence-corrected chi connectivity index (χ0v) is 18.3. The van der Waals surface area contributed by atoms with Gasteiger partial charge in [0.25, 0.3) is 10.0 Å². The number of rotatable bonds is 6. The average Bonchev–Trinajstić information content (AvgIpc) is 2.62. The van der Waals surface area contributed by atoms with Crippen molar-refractivity contribution in [3.8, 4) is 0 Å². The van der Waals surface area contributed by atoms with E-state index in [0.29, 0.717) is 11.4 Å².